The lowest BCUT2D eigenvalue weighted by molar-refractivity contribution is 0.302. The van der Waals surface area contributed by atoms with E-state index in [0.717, 1.165) is 12.2 Å². The summed E-state index contributed by atoms with van der Waals surface area (Å²) < 4.78 is 6.08. The van der Waals surface area contributed by atoms with Crippen LogP contribution in [-0.2, 0) is 13.0 Å². The molecule has 3 rings (SSSR count). The highest BCUT2D eigenvalue weighted by atomic mass is 16.5. The van der Waals surface area contributed by atoms with Crippen molar-refractivity contribution >= 4 is 0 Å². The molecule has 0 radical (unpaired) electrons. The third kappa shape index (κ3) is 4.35. The summed E-state index contributed by atoms with van der Waals surface area (Å²) in [6.45, 7) is 6.11. The molecule has 122 valence electrons. The number of piperidine rings is 1. The van der Waals surface area contributed by atoms with Gasteiger partial charge in [0.05, 0.1) is 0 Å². The molecule has 0 saturated carbocycles. The molecule has 2 heteroatoms. The van der Waals surface area contributed by atoms with Crippen LogP contribution in [0.4, 0.5) is 0 Å². The van der Waals surface area contributed by atoms with Gasteiger partial charge in [0.1, 0.15) is 12.4 Å². The van der Waals surface area contributed by atoms with Crippen molar-refractivity contribution in [2.24, 2.45) is 0 Å². The minimum atomic E-state index is 0.631. The van der Waals surface area contributed by atoms with Gasteiger partial charge >= 0.3 is 0 Å². The van der Waals surface area contributed by atoms with Crippen LogP contribution in [0, 0.1) is 13.8 Å². The first-order valence-electron chi connectivity index (χ1n) is 8.72. The molecule has 0 spiro atoms. The summed E-state index contributed by atoms with van der Waals surface area (Å²) in [6, 6.07) is 15.6. The van der Waals surface area contributed by atoms with E-state index in [1.807, 2.05) is 6.07 Å². The number of hydrogen-bond donors (Lipinski definition) is 1. The number of benzene rings is 2. The molecular formula is C21H27NO. The summed E-state index contributed by atoms with van der Waals surface area (Å²) in [7, 11) is 0. The van der Waals surface area contributed by atoms with Gasteiger partial charge in [-0.3, -0.25) is 0 Å². The second-order valence-corrected chi connectivity index (χ2v) is 6.68. The van der Waals surface area contributed by atoms with Crippen molar-refractivity contribution < 1.29 is 4.74 Å². The average Bonchev–Trinajstić information content (AvgIpc) is 2.56. The molecule has 1 unspecified atom stereocenters. The quantitative estimate of drug-likeness (QED) is 0.873. The second-order valence-electron chi connectivity index (χ2n) is 6.68. The highest BCUT2D eigenvalue weighted by molar-refractivity contribution is 5.43. The molecule has 2 nitrogen and oxygen atoms in total. The first-order chi connectivity index (χ1) is 11.2. The van der Waals surface area contributed by atoms with Crippen LogP contribution in [0.25, 0.3) is 0 Å². The predicted molar refractivity (Wildman–Crippen MR) is 96.0 cm³/mol. The summed E-state index contributed by atoms with van der Waals surface area (Å²) in [5, 5.41) is 3.64. The largest absolute Gasteiger partial charge is 0.488 e. The standard InChI is InChI=1S/C21H27NO/c1-16-12-19(14-20-10-6-7-11-22-20)13-17(2)21(16)23-15-18-8-4-3-5-9-18/h3-5,8-9,12-13,20,22H,6-7,10-11,14-15H2,1-2H3. The Kier molecular flexibility index (Phi) is 5.35. The Morgan fingerprint density at radius 2 is 1.74 bits per heavy atom. The van der Waals surface area contributed by atoms with Crippen molar-refractivity contribution in [3.05, 3.63) is 64.7 Å². The summed E-state index contributed by atoms with van der Waals surface area (Å²) in [6.07, 6.45) is 5.10. The Hall–Kier alpha value is -1.80. The van der Waals surface area contributed by atoms with E-state index < -0.39 is 0 Å². The van der Waals surface area contributed by atoms with E-state index in [1.54, 1.807) is 0 Å². The van der Waals surface area contributed by atoms with E-state index in [1.165, 1.54) is 48.1 Å². The maximum atomic E-state index is 6.08. The summed E-state index contributed by atoms with van der Waals surface area (Å²) in [4.78, 5) is 0. The molecule has 1 saturated heterocycles. The third-order valence-electron chi connectivity index (χ3n) is 4.64. The number of rotatable bonds is 5. The lowest BCUT2D eigenvalue weighted by atomic mass is 9.95. The SMILES string of the molecule is Cc1cc(CC2CCCCN2)cc(C)c1OCc1ccccc1. The van der Waals surface area contributed by atoms with Crippen LogP contribution in [0.5, 0.6) is 5.75 Å². The summed E-state index contributed by atoms with van der Waals surface area (Å²) in [5.74, 6) is 1.04. The zero-order valence-corrected chi connectivity index (χ0v) is 14.3. The molecule has 1 fully saturated rings. The fourth-order valence-electron chi connectivity index (χ4n) is 3.50. The third-order valence-corrected chi connectivity index (χ3v) is 4.64. The van der Waals surface area contributed by atoms with Gasteiger partial charge in [-0.15, -0.1) is 0 Å². The first-order valence-corrected chi connectivity index (χ1v) is 8.72. The molecule has 1 N–H and O–H groups in total. The number of aryl methyl sites for hydroxylation is 2. The van der Waals surface area contributed by atoms with Gasteiger partial charge in [0.25, 0.3) is 0 Å². The van der Waals surface area contributed by atoms with Crippen molar-refractivity contribution in [1.29, 1.82) is 0 Å². The van der Waals surface area contributed by atoms with Crippen LogP contribution >= 0.6 is 0 Å². The van der Waals surface area contributed by atoms with E-state index in [0.29, 0.717) is 12.6 Å². The van der Waals surface area contributed by atoms with Gasteiger partial charge in [-0.05, 0) is 61.9 Å². The molecule has 1 atom stereocenters. The van der Waals surface area contributed by atoms with Crippen LogP contribution < -0.4 is 10.1 Å². The maximum Gasteiger partial charge on any atom is 0.125 e. The molecule has 0 aliphatic carbocycles. The zero-order chi connectivity index (χ0) is 16.1. The van der Waals surface area contributed by atoms with Crippen molar-refractivity contribution in [2.75, 3.05) is 6.54 Å². The van der Waals surface area contributed by atoms with Gasteiger partial charge in [-0.2, -0.15) is 0 Å². The maximum absolute atomic E-state index is 6.08. The van der Waals surface area contributed by atoms with E-state index >= 15 is 0 Å². The molecule has 1 aliphatic rings. The predicted octanol–water partition coefficient (Wildman–Crippen LogP) is 4.57. The minimum Gasteiger partial charge on any atom is -0.488 e. The second kappa shape index (κ2) is 7.65. The molecule has 23 heavy (non-hydrogen) atoms. The van der Waals surface area contributed by atoms with Crippen molar-refractivity contribution in [3.63, 3.8) is 0 Å². The Labute approximate surface area is 139 Å². The lowest BCUT2D eigenvalue weighted by Crippen LogP contribution is -2.35. The molecule has 1 heterocycles. The Bertz CT molecular complexity index is 607. The van der Waals surface area contributed by atoms with Gasteiger partial charge in [0.2, 0.25) is 0 Å². The summed E-state index contributed by atoms with van der Waals surface area (Å²) >= 11 is 0. The van der Waals surface area contributed by atoms with Crippen LogP contribution in [0.15, 0.2) is 42.5 Å². The minimum absolute atomic E-state index is 0.631. The van der Waals surface area contributed by atoms with Gasteiger partial charge in [0, 0.05) is 6.04 Å². The molecule has 0 amide bonds. The van der Waals surface area contributed by atoms with Crippen molar-refractivity contribution in [2.45, 2.75) is 52.2 Å². The monoisotopic (exact) mass is 309 g/mol. The van der Waals surface area contributed by atoms with Crippen molar-refractivity contribution in [3.8, 4) is 5.75 Å². The Morgan fingerprint density at radius 1 is 1.00 bits per heavy atom. The number of hydrogen-bond acceptors (Lipinski definition) is 2. The normalized spacial score (nSPS) is 17.9. The van der Waals surface area contributed by atoms with Gasteiger partial charge < -0.3 is 10.1 Å². The van der Waals surface area contributed by atoms with E-state index in [-0.39, 0.29) is 0 Å². The molecule has 0 bridgehead atoms. The van der Waals surface area contributed by atoms with Crippen LogP contribution in [-0.4, -0.2) is 12.6 Å². The fraction of sp³-hybridized carbons (Fsp3) is 0.429. The Morgan fingerprint density at radius 3 is 2.39 bits per heavy atom. The van der Waals surface area contributed by atoms with Crippen LogP contribution in [0.1, 0.15) is 41.5 Å². The average molecular weight is 309 g/mol. The van der Waals surface area contributed by atoms with Crippen LogP contribution in [0.2, 0.25) is 0 Å². The zero-order valence-electron chi connectivity index (χ0n) is 14.3. The lowest BCUT2D eigenvalue weighted by Gasteiger charge is -2.24. The Balaban J connectivity index is 1.67. The molecular weight excluding hydrogens is 282 g/mol. The molecule has 2 aromatic carbocycles. The van der Waals surface area contributed by atoms with Crippen molar-refractivity contribution in [1.82, 2.24) is 5.32 Å². The summed E-state index contributed by atoms with van der Waals surface area (Å²) in [5.41, 5.74) is 5.12. The topological polar surface area (TPSA) is 21.3 Å². The van der Waals surface area contributed by atoms with Gasteiger partial charge in [-0.1, -0.05) is 48.9 Å². The van der Waals surface area contributed by atoms with Crippen LogP contribution in [0.3, 0.4) is 0 Å². The van der Waals surface area contributed by atoms with Gasteiger partial charge in [0.15, 0.2) is 0 Å². The van der Waals surface area contributed by atoms with E-state index in [4.69, 9.17) is 4.74 Å². The molecule has 0 aromatic heterocycles. The highest BCUT2D eigenvalue weighted by Gasteiger charge is 2.14. The van der Waals surface area contributed by atoms with E-state index in [9.17, 15) is 0 Å². The molecule has 1 aliphatic heterocycles. The smallest absolute Gasteiger partial charge is 0.125 e. The highest BCUT2D eigenvalue weighted by Crippen LogP contribution is 2.27. The molecule has 2 aromatic rings. The number of nitrogens with one attached hydrogen (secondary N) is 1. The van der Waals surface area contributed by atoms with E-state index in [2.05, 4.69) is 55.6 Å². The number of ether oxygens (including phenoxy) is 1. The van der Waals surface area contributed by atoms with Gasteiger partial charge in [-0.25, -0.2) is 0 Å². The first kappa shape index (κ1) is 16.1. The fourth-order valence-corrected chi connectivity index (χ4v) is 3.50.